The van der Waals surface area contributed by atoms with Crippen LogP contribution in [0.2, 0.25) is 0 Å². The van der Waals surface area contributed by atoms with E-state index in [1.165, 1.54) is 35.6 Å². The van der Waals surface area contributed by atoms with Crippen LogP contribution < -0.4 is 5.32 Å². The summed E-state index contributed by atoms with van der Waals surface area (Å²) in [7, 11) is 0. The van der Waals surface area contributed by atoms with Crippen molar-refractivity contribution in [3.8, 4) is 0 Å². The summed E-state index contributed by atoms with van der Waals surface area (Å²) in [5.41, 5.74) is -0.00991. The third kappa shape index (κ3) is 3.46. The van der Waals surface area contributed by atoms with Crippen molar-refractivity contribution in [1.82, 2.24) is 10.3 Å². The Morgan fingerprint density at radius 3 is 2.24 bits per heavy atom. The molecule has 1 heterocycles. The lowest BCUT2D eigenvalue weighted by Crippen LogP contribution is -2.40. The highest BCUT2D eigenvalue weighted by atomic mass is 32.1. The van der Waals surface area contributed by atoms with Crippen LogP contribution in [0, 0.1) is 6.92 Å². The van der Waals surface area contributed by atoms with Crippen LogP contribution in [-0.4, -0.2) is 22.0 Å². The summed E-state index contributed by atoms with van der Waals surface area (Å²) < 4.78 is 0. The van der Waals surface area contributed by atoms with Gasteiger partial charge in [-0.2, -0.15) is 0 Å². The molecule has 2 N–H and O–H groups in total. The van der Waals surface area contributed by atoms with E-state index in [0.29, 0.717) is 5.56 Å². The van der Waals surface area contributed by atoms with Gasteiger partial charge in [0, 0.05) is 16.6 Å². The van der Waals surface area contributed by atoms with Crippen molar-refractivity contribution in [2.24, 2.45) is 0 Å². The van der Waals surface area contributed by atoms with Crippen LogP contribution in [0.25, 0.3) is 0 Å². The molecule has 0 aliphatic rings. The first kappa shape index (κ1) is 15.2. The zero-order valence-corrected chi connectivity index (χ0v) is 12.8. The van der Waals surface area contributed by atoms with Crippen molar-refractivity contribution in [3.63, 3.8) is 0 Å². The molecule has 0 saturated carbocycles. The number of benzene rings is 1. The predicted octanol–water partition coefficient (Wildman–Crippen LogP) is 2.81. The normalized spacial score (nSPS) is 11.2. The van der Waals surface area contributed by atoms with Crippen molar-refractivity contribution < 1.29 is 14.7 Å². The highest BCUT2D eigenvalue weighted by Crippen LogP contribution is 2.25. The molecule has 0 spiro atoms. The average Bonchev–Trinajstić information content (AvgIpc) is 2.86. The summed E-state index contributed by atoms with van der Waals surface area (Å²) in [5, 5.41) is 12.6. The smallest absolute Gasteiger partial charge is 0.335 e. The second kappa shape index (κ2) is 5.65. The Morgan fingerprint density at radius 2 is 1.76 bits per heavy atom. The molecule has 0 fully saturated rings. The van der Waals surface area contributed by atoms with Crippen LogP contribution in [-0.2, 0) is 5.54 Å². The van der Waals surface area contributed by atoms with Crippen LogP contribution in [0.1, 0.15) is 44.4 Å². The van der Waals surface area contributed by atoms with E-state index in [2.05, 4.69) is 10.3 Å². The largest absolute Gasteiger partial charge is 0.478 e. The summed E-state index contributed by atoms with van der Waals surface area (Å²) in [6, 6.07) is 5.83. The molecule has 110 valence electrons. The monoisotopic (exact) mass is 304 g/mol. The highest BCUT2D eigenvalue weighted by Gasteiger charge is 2.26. The Balaban J connectivity index is 2.15. The average molecular weight is 304 g/mol. The Morgan fingerprint density at radius 1 is 1.19 bits per heavy atom. The molecule has 0 aliphatic heterocycles. The fourth-order valence-electron chi connectivity index (χ4n) is 1.82. The molecule has 0 aliphatic carbocycles. The maximum atomic E-state index is 12.2. The van der Waals surface area contributed by atoms with E-state index < -0.39 is 11.5 Å². The molecule has 5 nitrogen and oxygen atoms in total. The molecule has 1 amide bonds. The van der Waals surface area contributed by atoms with Gasteiger partial charge in [-0.1, -0.05) is 0 Å². The molecule has 1 aromatic heterocycles. The fourth-order valence-corrected chi connectivity index (χ4v) is 2.64. The van der Waals surface area contributed by atoms with Gasteiger partial charge < -0.3 is 10.4 Å². The van der Waals surface area contributed by atoms with Gasteiger partial charge in [-0.25, -0.2) is 9.78 Å². The first-order valence-electron chi connectivity index (χ1n) is 6.38. The number of carbonyl (C=O) groups is 2. The molecule has 6 heteroatoms. The number of nitrogens with one attached hydrogen (secondary N) is 1. The molecule has 2 aromatic rings. The maximum absolute atomic E-state index is 12.2. The Labute approximate surface area is 126 Å². The predicted molar refractivity (Wildman–Crippen MR) is 80.7 cm³/mol. The van der Waals surface area contributed by atoms with Crippen molar-refractivity contribution in [2.45, 2.75) is 26.3 Å². The number of nitrogens with zero attached hydrogens (tertiary/aromatic N) is 1. The molecule has 1 aromatic carbocycles. The first-order valence-corrected chi connectivity index (χ1v) is 7.20. The number of carbonyl (C=O) groups excluding carboxylic acids is 1. The van der Waals surface area contributed by atoms with E-state index in [1.54, 1.807) is 6.20 Å². The van der Waals surface area contributed by atoms with Gasteiger partial charge in [-0.3, -0.25) is 4.79 Å². The van der Waals surface area contributed by atoms with Crippen molar-refractivity contribution in [1.29, 1.82) is 0 Å². The lowest BCUT2D eigenvalue weighted by Gasteiger charge is -2.23. The van der Waals surface area contributed by atoms with Gasteiger partial charge in [0.25, 0.3) is 5.91 Å². The summed E-state index contributed by atoms with van der Waals surface area (Å²) in [4.78, 5) is 28.4. The lowest BCUT2D eigenvalue weighted by atomic mass is 10.1. The number of hydrogen-bond acceptors (Lipinski definition) is 4. The molecule has 0 bridgehead atoms. The van der Waals surface area contributed by atoms with Crippen LogP contribution in [0.3, 0.4) is 0 Å². The lowest BCUT2D eigenvalue weighted by molar-refractivity contribution is 0.0696. The highest BCUT2D eigenvalue weighted by molar-refractivity contribution is 7.11. The van der Waals surface area contributed by atoms with Crippen LogP contribution in [0.4, 0.5) is 0 Å². The minimum absolute atomic E-state index is 0.154. The number of amides is 1. The molecule has 0 unspecified atom stereocenters. The van der Waals surface area contributed by atoms with E-state index in [4.69, 9.17) is 5.11 Å². The van der Waals surface area contributed by atoms with Gasteiger partial charge in [0.15, 0.2) is 0 Å². The van der Waals surface area contributed by atoms with Gasteiger partial charge >= 0.3 is 5.97 Å². The number of rotatable bonds is 4. The molecule has 21 heavy (non-hydrogen) atoms. The number of hydrogen-bond donors (Lipinski definition) is 2. The molecule has 0 saturated heterocycles. The van der Waals surface area contributed by atoms with E-state index in [9.17, 15) is 9.59 Å². The van der Waals surface area contributed by atoms with Crippen LogP contribution >= 0.6 is 11.3 Å². The number of aromatic nitrogens is 1. The Bertz CT molecular complexity index is 674. The van der Waals surface area contributed by atoms with E-state index in [-0.39, 0.29) is 11.5 Å². The Kier molecular flexibility index (Phi) is 4.09. The summed E-state index contributed by atoms with van der Waals surface area (Å²) in [6.07, 6.45) is 1.77. The molecule has 2 rings (SSSR count). The number of thiazole rings is 1. The second-order valence-electron chi connectivity index (χ2n) is 5.24. The number of aromatic carboxylic acids is 1. The van der Waals surface area contributed by atoms with Gasteiger partial charge in [0.2, 0.25) is 0 Å². The minimum Gasteiger partial charge on any atom is -0.478 e. The van der Waals surface area contributed by atoms with E-state index in [0.717, 1.165) is 9.88 Å². The quantitative estimate of drug-likeness (QED) is 0.910. The van der Waals surface area contributed by atoms with Gasteiger partial charge in [-0.15, -0.1) is 11.3 Å². The van der Waals surface area contributed by atoms with Gasteiger partial charge in [0.05, 0.1) is 11.1 Å². The first-order chi connectivity index (χ1) is 9.79. The third-order valence-corrected chi connectivity index (χ3v) is 4.21. The van der Waals surface area contributed by atoms with Crippen LogP contribution in [0.5, 0.6) is 0 Å². The maximum Gasteiger partial charge on any atom is 0.335 e. The van der Waals surface area contributed by atoms with E-state index in [1.807, 2.05) is 20.8 Å². The van der Waals surface area contributed by atoms with E-state index >= 15 is 0 Å². The summed E-state index contributed by atoms with van der Waals surface area (Å²) in [5.74, 6) is -1.27. The SMILES string of the molecule is Cc1cnc(C(C)(C)NC(=O)c2ccc(C(=O)O)cc2)s1. The molecular formula is C15H16N2O3S. The summed E-state index contributed by atoms with van der Waals surface area (Å²) >= 11 is 1.53. The zero-order valence-electron chi connectivity index (χ0n) is 12.0. The Hall–Kier alpha value is -2.21. The third-order valence-electron chi connectivity index (χ3n) is 2.98. The molecule has 0 radical (unpaired) electrons. The van der Waals surface area contributed by atoms with Gasteiger partial charge in [-0.05, 0) is 45.0 Å². The minimum atomic E-state index is -1.01. The van der Waals surface area contributed by atoms with Crippen molar-refractivity contribution >= 4 is 23.2 Å². The number of carboxylic acids is 1. The zero-order chi connectivity index (χ0) is 15.6. The van der Waals surface area contributed by atoms with Gasteiger partial charge in [0.1, 0.15) is 5.01 Å². The van der Waals surface area contributed by atoms with Crippen LogP contribution in [0.15, 0.2) is 30.5 Å². The molecular weight excluding hydrogens is 288 g/mol. The second-order valence-corrected chi connectivity index (χ2v) is 6.47. The molecule has 0 atom stereocenters. The number of carboxylic acid groups (broad SMARTS) is 1. The van der Waals surface area contributed by atoms with Crippen molar-refractivity contribution in [2.75, 3.05) is 0 Å². The van der Waals surface area contributed by atoms with Crippen molar-refractivity contribution in [3.05, 3.63) is 51.5 Å². The number of aryl methyl sites for hydroxylation is 1. The fraction of sp³-hybridized carbons (Fsp3) is 0.267. The standard InChI is InChI=1S/C15H16N2O3S/c1-9-8-16-14(21-9)15(2,3)17-12(18)10-4-6-11(7-5-10)13(19)20/h4-8H,1-3H3,(H,17,18)(H,19,20). The topological polar surface area (TPSA) is 79.3 Å². The summed E-state index contributed by atoms with van der Waals surface area (Å²) in [6.45, 7) is 5.73.